The van der Waals surface area contributed by atoms with E-state index < -0.39 is 0 Å². The molecule has 0 amide bonds. The summed E-state index contributed by atoms with van der Waals surface area (Å²) in [5.41, 5.74) is 1.17. The van der Waals surface area contributed by atoms with Gasteiger partial charge in [0.25, 0.3) is 0 Å². The van der Waals surface area contributed by atoms with E-state index in [1.807, 2.05) is 11.3 Å². The molecule has 0 aliphatic heterocycles. The summed E-state index contributed by atoms with van der Waals surface area (Å²) >= 11 is 8.95. The first-order chi connectivity index (χ1) is 8.74. The van der Waals surface area contributed by atoms with Gasteiger partial charge in [0.1, 0.15) is 0 Å². The molecule has 1 nitrogen and oxygen atoms in total. The van der Waals surface area contributed by atoms with Gasteiger partial charge in [0.05, 0.1) is 6.04 Å². The second kappa shape index (κ2) is 5.35. The molecule has 0 spiro atoms. The van der Waals surface area contributed by atoms with Crippen molar-refractivity contribution >= 4 is 48.9 Å². The van der Waals surface area contributed by atoms with Crippen LogP contribution in [-0.4, -0.2) is 0 Å². The summed E-state index contributed by atoms with van der Waals surface area (Å²) in [6, 6.07) is 11.1. The van der Waals surface area contributed by atoms with E-state index in [1.54, 1.807) is 0 Å². The van der Waals surface area contributed by atoms with Gasteiger partial charge in [-0.3, -0.25) is 0 Å². The van der Waals surface area contributed by atoms with Crippen LogP contribution in [0.1, 0.15) is 23.8 Å². The van der Waals surface area contributed by atoms with Crippen molar-refractivity contribution in [3.8, 4) is 0 Å². The maximum absolute atomic E-state index is 3.68. The first kappa shape index (κ1) is 12.7. The smallest absolute Gasteiger partial charge is 0.0635 e. The van der Waals surface area contributed by atoms with Crippen molar-refractivity contribution in [1.29, 1.82) is 0 Å². The van der Waals surface area contributed by atoms with Crippen molar-refractivity contribution in [2.24, 2.45) is 5.92 Å². The van der Waals surface area contributed by atoms with Crippen LogP contribution in [0.3, 0.4) is 0 Å². The Kier molecular flexibility index (Phi) is 3.78. The van der Waals surface area contributed by atoms with Crippen LogP contribution in [-0.2, 0) is 0 Å². The molecule has 0 radical (unpaired) electrons. The summed E-state index contributed by atoms with van der Waals surface area (Å²) in [4.78, 5) is 1.44. The van der Waals surface area contributed by atoms with Gasteiger partial charge in [-0.2, -0.15) is 0 Å². The van der Waals surface area contributed by atoms with E-state index in [4.69, 9.17) is 0 Å². The molecule has 1 aliphatic carbocycles. The second-order valence-electron chi connectivity index (χ2n) is 4.60. The number of thiophene rings is 1. The predicted molar refractivity (Wildman–Crippen MR) is 85.2 cm³/mol. The number of nitrogens with one attached hydrogen (secondary N) is 1. The minimum absolute atomic E-state index is 0.461. The molecule has 1 aromatic heterocycles. The molecular weight excluding hydrogens is 374 g/mol. The molecule has 0 bridgehead atoms. The molecule has 1 heterocycles. The minimum atomic E-state index is 0.461. The normalized spacial score (nSPS) is 16.6. The molecule has 0 saturated heterocycles. The molecule has 1 unspecified atom stereocenters. The van der Waals surface area contributed by atoms with Gasteiger partial charge in [0, 0.05) is 19.5 Å². The highest BCUT2D eigenvalue weighted by atomic mass is 79.9. The Hall–Kier alpha value is -0.320. The van der Waals surface area contributed by atoms with Crippen molar-refractivity contribution in [2.45, 2.75) is 18.9 Å². The second-order valence-corrected chi connectivity index (χ2v) is 7.35. The van der Waals surface area contributed by atoms with E-state index in [0.29, 0.717) is 6.04 Å². The Morgan fingerprint density at radius 3 is 2.67 bits per heavy atom. The van der Waals surface area contributed by atoms with Gasteiger partial charge < -0.3 is 5.32 Å². The average Bonchev–Trinajstić information content (AvgIpc) is 3.03. The van der Waals surface area contributed by atoms with Gasteiger partial charge in [-0.25, -0.2) is 0 Å². The van der Waals surface area contributed by atoms with Crippen LogP contribution in [0, 0.1) is 5.92 Å². The van der Waals surface area contributed by atoms with Gasteiger partial charge in [-0.15, -0.1) is 11.3 Å². The van der Waals surface area contributed by atoms with E-state index in [2.05, 4.69) is 72.9 Å². The lowest BCUT2D eigenvalue weighted by atomic mass is 10.1. The first-order valence-corrected chi connectivity index (χ1v) is 8.45. The number of hydrogen-bond acceptors (Lipinski definition) is 2. The zero-order chi connectivity index (χ0) is 12.5. The van der Waals surface area contributed by atoms with E-state index in [0.717, 1.165) is 14.9 Å². The third kappa shape index (κ3) is 2.81. The highest BCUT2D eigenvalue weighted by Crippen LogP contribution is 2.45. The van der Waals surface area contributed by atoms with E-state index in [1.165, 1.54) is 23.4 Å². The number of benzene rings is 1. The van der Waals surface area contributed by atoms with E-state index >= 15 is 0 Å². The molecule has 1 fully saturated rings. The van der Waals surface area contributed by atoms with Gasteiger partial charge >= 0.3 is 0 Å². The summed E-state index contributed by atoms with van der Waals surface area (Å²) in [6.45, 7) is 0. The number of hydrogen-bond donors (Lipinski definition) is 1. The van der Waals surface area contributed by atoms with Crippen LogP contribution in [0.15, 0.2) is 44.7 Å². The topological polar surface area (TPSA) is 12.0 Å². The SMILES string of the molecule is Brc1ccc(NC(c2cccs2)C2CC2)c(Br)c1. The van der Waals surface area contributed by atoms with Gasteiger partial charge in [-0.1, -0.05) is 22.0 Å². The van der Waals surface area contributed by atoms with Crippen LogP contribution < -0.4 is 5.32 Å². The molecule has 1 saturated carbocycles. The predicted octanol–water partition coefficient (Wildman–Crippen LogP) is 5.84. The fourth-order valence-electron chi connectivity index (χ4n) is 2.09. The summed E-state index contributed by atoms with van der Waals surface area (Å²) in [5.74, 6) is 0.791. The molecular formula is C14H13Br2NS. The molecule has 4 heteroatoms. The van der Waals surface area contributed by atoms with Crippen LogP contribution in [0.4, 0.5) is 5.69 Å². The Morgan fingerprint density at radius 2 is 2.06 bits per heavy atom. The van der Waals surface area contributed by atoms with Gasteiger partial charge in [0.2, 0.25) is 0 Å². The van der Waals surface area contributed by atoms with Crippen molar-refractivity contribution in [1.82, 2.24) is 0 Å². The highest BCUT2D eigenvalue weighted by molar-refractivity contribution is 9.11. The van der Waals surface area contributed by atoms with E-state index in [9.17, 15) is 0 Å². The Balaban J connectivity index is 1.84. The fourth-order valence-corrected chi connectivity index (χ4v) is 4.12. The largest absolute Gasteiger partial charge is 0.376 e. The van der Waals surface area contributed by atoms with Crippen LogP contribution in [0.2, 0.25) is 0 Å². The minimum Gasteiger partial charge on any atom is -0.376 e. The van der Waals surface area contributed by atoms with Crippen molar-refractivity contribution in [2.75, 3.05) is 5.32 Å². The van der Waals surface area contributed by atoms with Crippen LogP contribution >= 0.6 is 43.2 Å². The lowest BCUT2D eigenvalue weighted by Crippen LogP contribution is -2.11. The first-order valence-electron chi connectivity index (χ1n) is 5.99. The molecule has 1 aromatic carbocycles. The van der Waals surface area contributed by atoms with Crippen molar-refractivity contribution in [3.05, 3.63) is 49.5 Å². The fraction of sp³-hybridized carbons (Fsp3) is 0.286. The Labute approximate surface area is 128 Å². The summed E-state index contributed by atoms with van der Waals surface area (Å²) in [7, 11) is 0. The number of halogens is 2. The zero-order valence-electron chi connectivity index (χ0n) is 9.70. The van der Waals surface area contributed by atoms with Crippen LogP contribution in [0.25, 0.3) is 0 Å². The zero-order valence-corrected chi connectivity index (χ0v) is 13.7. The summed E-state index contributed by atoms with van der Waals surface area (Å²) in [6.07, 6.45) is 2.67. The van der Waals surface area contributed by atoms with Gasteiger partial charge in [0.15, 0.2) is 0 Å². The molecule has 94 valence electrons. The molecule has 1 atom stereocenters. The van der Waals surface area contributed by atoms with Crippen molar-refractivity contribution < 1.29 is 0 Å². The molecule has 2 aromatic rings. The van der Waals surface area contributed by atoms with Crippen LogP contribution in [0.5, 0.6) is 0 Å². The number of rotatable bonds is 4. The van der Waals surface area contributed by atoms with E-state index in [-0.39, 0.29) is 0 Å². The Morgan fingerprint density at radius 1 is 1.22 bits per heavy atom. The van der Waals surface area contributed by atoms with Gasteiger partial charge in [-0.05, 0) is 64.3 Å². The molecule has 1 aliphatic rings. The third-order valence-corrected chi connectivity index (χ3v) is 5.29. The maximum Gasteiger partial charge on any atom is 0.0635 e. The Bertz CT molecular complexity index is 535. The highest BCUT2D eigenvalue weighted by Gasteiger charge is 2.33. The lowest BCUT2D eigenvalue weighted by molar-refractivity contribution is 0.690. The molecule has 18 heavy (non-hydrogen) atoms. The standard InChI is InChI=1S/C14H13Br2NS/c15-10-5-6-12(11(16)8-10)17-14(9-3-4-9)13-2-1-7-18-13/h1-2,5-9,14,17H,3-4H2. The quantitative estimate of drug-likeness (QED) is 0.696. The summed E-state index contributed by atoms with van der Waals surface area (Å²) in [5, 5.41) is 5.84. The third-order valence-electron chi connectivity index (χ3n) is 3.19. The monoisotopic (exact) mass is 385 g/mol. The lowest BCUT2D eigenvalue weighted by Gasteiger charge is -2.19. The number of anilines is 1. The summed E-state index contributed by atoms with van der Waals surface area (Å²) < 4.78 is 2.21. The molecule has 3 rings (SSSR count). The average molecular weight is 387 g/mol. The maximum atomic E-state index is 3.68. The molecule has 1 N–H and O–H groups in total. The van der Waals surface area contributed by atoms with Crippen molar-refractivity contribution in [3.63, 3.8) is 0 Å².